The predicted octanol–water partition coefficient (Wildman–Crippen LogP) is 1.63. The first-order valence-electron chi connectivity index (χ1n) is 12.9. The fraction of sp³-hybridized carbons (Fsp3) is 0.524. The second-order valence-electron chi connectivity index (χ2n) is 8.24. The Balaban J connectivity index is 1.35. The van der Waals surface area contributed by atoms with E-state index in [4.69, 9.17) is 6.85 Å². The van der Waals surface area contributed by atoms with Crippen LogP contribution in [-0.4, -0.2) is 70.8 Å². The lowest BCUT2D eigenvalue weighted by atomic mass is 9.96. The maximum atomic E-state index is 15.6. The molecule has 0 unspecified atom stereocenters. The van der Waals surface area contributed by atoms with Gasteiger partial charge >= 0.3 is 0 Å². The smallest absolute Gasteiger partial charge is 0.205 e. The van der Waals surface area contributed by atoms with E-state index >= 15 is 4.39 Å². The number of halogens is 1. The van der Waals surface area contributed by atoms with E-state index in [0.29, 0.717) is 17.8 Å². The quantitative estimate of drug-likeness (QED) is 0.608. The van der Waals surface area contributed by atoms with E-state index in [0.717, 1.165) is 11.3 Å². The first kappa shape index (κ1) is 14.8. The predicted molar refractivity (Wildman–Crippen MR) is 113 cm³/mol. The molecule has 6 rings (SSSR count). The highest BCUT2D eigenvalue weighted by molar-refractivity contribution is 5.70. The molecule has 4 heterocycles. The maximum absolute atomic E-state index is 15.6. The Morgan fingerprint density at radius 3 is 2.81 bits per heavy atom. The van der Waals surface area contributed by atoms with Crippen LogP contribution < -0.4 is 10.2 Å². The zero-order chi connectivity index (χ0) is 26.3. The van der Waals surface area contributed by atoms with Gasteiger partial charge in [-0.3, -0.25) is 0 Å². The molecule has 4 atom stereocenters. The van der Waals surface area contributed by atoms with Gasteiger partial charge in [-0.15, -0.1) is 20.4 Å². The molecule has 10 nitrogen and oxygen atoms in total. The van der Waals surface area contributed by atoms with Gasteiger partial charge in [-0.2, -0.15) is 4.80 Å². The van der Waals surface area contributed by atoms with E-state index in [1.807, 2.05) is 0 Å². The Hall–Kier alpha value is -3.21. The number of aromatic nitrogens is 7. The summed E-state index contributed by atoms with van der Waals surface area (Å²) in [6.45, 7) is 0. The third kappa shape index (κ3) is 3.36. The number of rotatable bonds is 5. The molecule has 0 radical (unpaired) electrons. The van der Waals surface area contributed by atoms with Crippen LogP contribution in [0.2, 0.25) is 0 Å². The molecule has 2 saturated heterocycles. The summed E-state index contributed by atoms with van der Waals surface area (Å²) in [5, 5.41) is 33.7. The number of benzene rings is 1. The van der Waals surface area contributed by atoms with Crippen LogP contribution in [0.4, 0.5) is 10.2 Å². The number of alkyl halides is 1. The summed E-state index contributed by atoms with van der Waals surface area (Å²) >= 11 is 0. The third-order valence-corrected chi connectivity index (χ3v) is 6.16. The first-order chi connectivity index (χ1) is 17.5. The molecule has 3 aromatic rings. The first-order valence-corrected chi connectivity index (χ1v) is 10.4. The van der Waals surface area contributed by atoms with Crippen LogP contribution in [0, 0.1) is 0 Å². The zero-order valence-electron chi connectivity index (χ0n) is 22.1. The van der Waals surface area contributed by atoms with Crippen molar-refractivity contribution < 1.29 is 16.4 Å². The number of phenols is 1. The van der Waals surface area contributed by atoms with E-state index in [1.54, 1.807) is 19.2 Å². The Kier molecular flexibility index (Phi) is 3.43. The second kappa shape index (κ2) is 7.44. The number of aromatic hydroxyl groups is 1. The number of hydrogen-bond acceptors (Lipinski definition) is 9. The average Bonchev–Trinajstić information content (AvgIpc) is 3.35. The molecule has 1 aromatic carbocycles. The van der Waals surface area contributed by atoms with Crippen LogP contribution >= 0.6 is 0 Å². The van der Waals surface area contributed by atoms with Crippen LogP contribution in [0.5, 0.6) is 5.75 Å². The molecule has 1 aliphatic carbocycles. The van der Waals surface area contributed by atoms with Crippen molar-refractivity contribution in [3.05, 3.63) is 24.4 Å². The fourth-order valence-electron chi connectivity index (χ4n) is 4.59. The highest BCUT2D eigenvalue weighted by Crippen LogP contribution is 2.40. The molecular weight excluding hydrogens is 413 g/mol. The van der Waals surface area contributed by atoms with Gasteiger partial charge in [-0.05, 0) is 49.4 Å². The van der Waals surface area contributed by atoms with Crippen molar-refractivity contribution in [1.29, 1.82) is 0 Å². The van der Waals surface area contributed by atoms with Crippen molar-refractivity contribution in [1.82, 2.24) is 40.7 Å². The molecule has 3 aliphatic rings. The van der Waals surface area contributed by atoms with Gasteiger partial charge in [-0.1, -0.05) is 6.07 Å². The van der Waals surface area contributed by atoms with E-state index in [2.05, 4.69) is 35.9 Å². The summed E-state index contributed by atoms with van der Waals surface area (Å²) in [6, 6.07) is 0.797. The number of piperidine rings is 1. The van der Waals surface area contributed by atoms with Gasteiger partial charge in [0.15, 0.2) is 11.6 Å². The van der Waals surface area contributed by atoms with Crippen molar-refractivity contribution in [2.75, 3.05) is 4.90 Å². The van der Waals surface area contributed by atoms with Gasteiger partial charge in [-0.25, -0.2) is 9.37 Å². The number of fused-ring (bicyclic) bond motifs is 2. The fourth-order valence-corrected chi connectivity index (χ4v) is 4.59. The Morgan fingerprint density at radius 1 is 1.25 bits per heavy atom. The Bertz CT molecular complexity index is 1340. The summed E-state index contributed by atoms with van der Waals surface area (Å²) in [6.07, 6.45) is -3.73. The van der Waals surface area contributed by atoms with Crippen LogP contribution in [0.1, 0.15) is 38.9 Å². The molecule has 11 heteroatoms. The summed E-state index contributed by atoms with van der Waals surface area (Å²) in [7, 11) is 1.62. The molecule has 2 aliphatic heterocycles. The van der Waals surface area contributed by atoms with Crippen molar-refractivity contribution >= 4 is 5.82 Å². The third-order valence-electron chi connectivity index (χ3n) is 6.16. The summed E-state index contributed by atoms with van der Waals surface area (Å²) in [5.41, 5.74) is 0.771. The molecule has 2 aromatic heterocycles. The number of nitrogens with one attached hydrogen (secondary N) is 1. The van der Waals surface area contributed by atoms with Crippen molar-refractivity contribution in [3.8, 4) is 28.5 Å². The number of tetrazole rings is 1. The molecule has 1 saturated carbocycles. The van der Waals surface area contributed by atoms with Crippen LogP contribution in [0.25, 0.3) is 22.8 Å². The van der Waals surface area contributed by atoms with Gasteiger partial charge in [0.1, 0.15) is 11.9 Å². The maximum Gasteiger partial charge on any atom is 0.205 e. The lowest BCUT2D eigenvalue weighted by Crippen LogP contribution is -2.57. The van der Waals surface area contributed by atoms with Gasteiger partial charge in [0, 0.05) is 29.1 Å². The number of aryl methyl sites for hydroxylation is 1. The van der Waals surface area contributed by atoms with Crippen LogP contribution in [-0.2, 0) is 7.05 Å². The van der Waals surface area contributed by atoms with Crippen molar-refractivity contribution in [2.24, 2.45) is 7.05 Å². The molecule has 166 valence electrons. The SMILES string of the molecule is [2H]C1([2H])C([2H])([2H])C1([2H])N(c1cnc(-c2ccc(-c3nnn(C)n3)cc2O)nn1)[C@@H]1C[C@H]2CC[C@@H](N2)[C@@H]1F. The van der Waals surface area contributed by atoms with Gasteiger partial charge in [0.2, 0.25) is 5.82 Å². The molecule has 0 amide bonds. The Morgan fingerprint density at radius 2 is 2.12 bits per heavy atom. The number of phenolic OH excluding ortho intramolecular Hbond substituents is 1. The van der Waals surface area contributed by atoms with Crippen LogP contribution in [0.3, 0.4) is 0 Å². The van der Waals surface area contributed by atoms with Gasteiger partial charge in [0.05, 0.1) is 26.2 Å². The van der Waals surface area contributed by atoms with Crippen molar-refractivity contribution in [2.45, 2.75) is 62.3 Å². The summed E-state index contributed by atoms with van der Waals surface area (Å²) in [4.78, 5) is 6.64. The number of nitrogens with zero attached hydrogens (tertiary/aromatic N) is 8. The minimum absolute atomic E-state index is 0.0111. The largest absolute Gasteiger partial charge is 0.507 e. The normalized spacial score (nSPS) is 33.4. The summed E-state index contributed by atoms with van der Waals surface area (Å²) in [5.74, 6) is 0.0995. The van der Waals surface area contributed by atoms with Gasteiger partial charge in [0.25, 0.3) is 0 Å². The highest BCUT2D eigenvalue weighted by atomic mass is 19.1. The minimum Gasteiger partial charge on any atom is -0.507 e. The van der Waals surface area contributed by atoms with E-state index in [9.17, 15) is 5.11 Å². The topological polar surface area (TPSA) is 118 Å². The minimum atomic E-state index is -2.56. The van der Waals surface area contributed by atoms with E-state index in [1.165, 1.54) is 17.1 Å². The second-order valence-corrected chi connectivity index (χ2v) is 8.24. The molecular formula is C21H24FN9O. The molecule has 2 N–H and O–H groups in total. The molecule has 3 fully saturated rings. The number of hydrogen-bond donors (Lipinski definition) is 2. The molecule has 2 bridgehead atoms. The van der Waals surface area contributed by atoms with Crippen molar-refractivity contribution in [3.63, 3.8) is 0 Å². The zero-order valence-corrected chi connectivity index (χ0v) is 17.1. The lowest BCUT2D eigenvalue weighted by molar-refractivity contribution is 0.171. The monoisotopic (exact) mass is 442 g/mol. The standard InChI is InChI=1S/C21H24FN9O/c1-30-28-20(27-29-30)11-2-6-14(17(32)8-11)21-23-10-18(25-26-21)31(13-4-5-13)16-9-12-3-7-15(24-12)19(16)22/h2,6,8,10,12-13,15-16,19,24,32H,3-5,7,9H2,1H3/t12-,15-,16-,19+/m1/s1/i4D2,5D2,13D. The average molecular weight is 443 g/mol. The molecule has 32 heavy (non-hydrogen) atoms. The lowest BCUT2D eigenvalue weighted by Gasteiger charge is -2.40. The van der Waals surface area contributed by atoms with Gasteiger partial charge < -0.3 is 15.3 Å². The van der Waals surface area contributed by atoms with Crippen LogP contribution in [0.15, 0.2) is 24.4 Å². The Labute approximate surface area is 190 Å². The summed E-state index contributed by atoms with van der Waals surface area (Å²) < 4.78 is 57.1. The van der Waals surface area contributed by atoms with E-state index in [-0.39, 0.29) is 35.4 Å². The number of anilines is 1. The van der Waals surface area contributed by atoms with E-state index < -0.39 is 37.0 Å². The highest BCUT2D eigenvalue weighted by Gasteiger charge is 2.48. The molecule has 0 spiro atoms.